The van der Waals surface area contributed by atoms with Crippen molar-refractivity contribution in [2.45, 2.75) is 25.3 Å². The number of hydrogen-bond donors (Lipinski definition) is 1. The number of rotatable bonds is 1. The maximum Gasteiger partial charge on any atom is 0.0962 e. The molecule has 4 heteroatoms. The Labute approximate surface area is 113 Å². The zero-order valence-corrected chi connectivity index (χ0v) is 11.4. The van der Waals surface area contributed by atoms with E-state index in [0.717, 1.165) is 18.6 Å². The Morgan fingerprint density at radius 3 is 3.16 bits per heavy atom. The number of nitrogens with one attached hydrogen (secondary N) is 1. The number of nitrogens with zero attached hydrogens (tertiary/aromatic N) is 2. The van der Waals surface area contributed by atoms with Crippen LogP contribution in [0.25, 0.3) is 0 Å². The van der Waals surface area contributed by atoms with Crippen LogP contribution in [0.3, 0.4) is 0 Å². The summed E-state index contributed by atoms with van der Waals surface area (Å²) >= 11 is 0. The molecule has 3 atom stereocenters. The van der Waals surface area contributed by atoms with Gasteiger partial charge in [-0.05, 0) is 30.9 Å². The van der Waals surface area contributed by atoms with Crippen molar-refractivity contribution in [3.05, 3.63) is 41.1 Å². The van der Waals surface area contributed by atoms with E-state index < -0.39 is 0 Å². The first-order chi connectivity index (χ1) is 9.28. The molecule has 4 nitrogen and oxygen atoms in total. The van der Waals surface area contributed by atoms with E-state index in [1.807, 2.05) is 17.9 Å². The van der Waals surface area contributed by atoms with E-state index in [1.54, 1.807) is 7.11 Å². The monoisotopic (exact) mass is 257 g/mol. The molecule has 4 rings (SSSR count). The van der Waals surface area contributed by atoms with Crippen LogP contribution in [-0.4, -0.2) is 16.9 Å². The largest absolute Gasteiger partial charge is 0.501 e. The van der Waals surface area contributed by atoms with Crippen molar-refractivity contribution in [3.63, 3.8) is 0 Å². The summed E-state index contributed by atoms with van der Waals surface area (Å²) in [7, 11) is 3.82. The predicted octanol–water partition coefficient (Wildman–Crippen LogP) is 2.06. The molecule has 1 aromatic rings. The first-order valence-electron chi connectivity index (χ1n) is 7.00. The summed E-state index contributed by atoms with van der Waals surface area (Å²) in [5.74, 6) is 2.38. The van der Waals surface area contributed by atoms with E-state index in [9.17, 15) is 0 Å². The van der Waals surface area contributed by atoms with Crippen LogP contribution >= 0.6 is 0 Å². The molecule has 1 saturated heterocycles. The first-order valence-corrected chi connectivity index (χ1v) is 7.00. The van der Waals surface area contributed by atoms with Crippen LogP contribution in [0, 0.1) is 11.8 Å². The van der Waals surface area contributed by atoms with Gasteiger partial charge in [0, 0.05) is 36.3 Å². The third kappa shape index (κ3) is 1.49. The summed E-state index contributed by atoms with van der Waals surface area (Å²) in [5, 5.41) is 8.14. The molecule has 19 heavy (non-hydrogen) atoms. The average Bonchev–Trinajstić information content (AvgIpc) is 2.99. The molecule has 1 N–H and O–H groups in total. The van der Waals surface area contributed by atoms with Crippen molar-refractivity contribution in [3.8, 4) is 0 Å². The quantitative estimate of drug-likeness (QED) is 0.837. The summed E-state index contributed by atoms with van der Waals surface area (Å²) in [4.78, 5) is 0. The van der Waals surface area contributed by atoms with E-state index in [0.29, 0.717) is 17.9 Å². The van der Waals surface area contributed by atoms with E-state index in [2.05, 4.69) is 22.6 Å². The highest BCUT2D eigenvalue weighted by Crippen LogP contribution is 2.49. The van der Waals surface area contributed by atoms with Crippen LogP contribution in [0.2, 0.25) is 0 Å². The average molecular weight is 257 g/mol. The van der Waals surface area contributed by atoms with Gasteiger partial charge in [-0.25, -0.2) is 0 Å². The Morgan fingerprint density at radius 1 is 1.42 bits per heavy atom. The standard InChI is InChI=1S/C15H19N3O/c1-18-14-6-4-10-11-7-9(19-2)3-5-13(11)17-15(10)12(14)8-16-18/h3,5,8,10-11,15,17H,4,6-7H2,1-2H3. The van der Waals surface area contributed by atoms with Crippen LogP contribution < -0.4 is 5.32 Å². The van der Waals surface area contributed by atoms with Gasteiger partial charge in [-0.15, -0.1) is 0 Å². The molecule has 100 valence electrons. The molecule has 0 aromatic carbocycles. The number of allylic oxidation sites excluding steroid dienone is 4. The highest BCUT2D eigenvalue weighted by atomic mass is 16.5. The molecule has 2 aliphatic carbocycles. The fourth-order valence-corrected chi connectivity index (χ4v) is 3.93. The molecule has 1 aliphatic heterocycles. The summed E-state index contributed by atoms with van der Waals surface area (Å²) < 4.78 is 7.46. The van der Waals surface area contributed by atoms with Gasteiger partial charge in [0.15, 0.2) is 0 Å². The third-order valence-corrected chi connectivity index (χ3v) is 4.94. The Balaban J connectivity index is 1.70. The van der Waals surface area contributed by atoms with E-state index >= 15 is 0 Å². The van der Waals surface area contributed by atoms with Crippen molar-refractivity contribution in [2.75, 3.05) is 7.11 Å². The predicted molar refractivity (Wildman–Crippen MR) is 72.2 cm³/mol. The van der Waals surface area contributed by atoms with Crippen LogP contribution in [0.1, 0.15) is 30.1 Å². The van der Waals surface area contributed by atoms with Crippen molar-refractivity contribution in [1.82, 2.24) is 15.1 Å². The van der Waals surface area contributed by atoms with E-state index in [4.69, 9.17) is 4.74 Å². The van der Waals surface area contributed by atoms with Crippen LogP contribution in [-0.2, 0) is 18.2 Å². The molecule has 3 unspecified atom stereocenters. The molecule has 0 amide bonds. The fourth-order valence-electron chi connectivity index (χ4n) is 3.93. The lowest BCUT2D eigenvalue weighted by atomic mass is 9.76. The maximum absolute atomic E-state index is 5.42. The highest BCUT2D eigenvalue weighted by molar-refractivity contribution is 5.36. The van der Waals surface area contributed by atoms with Crippen molar-refractivity contribution < 1.29 is 4.74 Å². The second kappa shape index (κ2) is 3.89. The Morgan fingerprint density at radius 2 is 2.32 bits per heavy atom. The van der Waals surface area contributed by atoms with Gasteiger partial charge in [0.05, 0.1) is 25.1 Å². The van der Waals surface area contributed by atoms with Crippen LogP contribution in [0.5, 0.6) is 0 Å². The van der Waals surface area contributed by atoms with Gasteiger partial charge in [0.2, 0.25) is 0 Å². The van der Waals surface area contributed by atoms with E-state index in [-0.39, 0.29) is 0 Å². The molecule has 3 aliphatic rings. The minimum atomic E-state index is 0.443. The van der Waals surface area contributed by atoms with Gasteiger partial charge in [-0.3, -0.25) is 4.68 Å². The number of ether oxygens (including phenoxy) is 1. The molecule has 2 heterocycles. The SMILES string of the molecule is COC1=CC=C2NC3c4cnn(C)c4CCC3C2C1. The third-order valence-electron chi connectivity index (χ3n) is 4.94. The molecular formula is C15H19N3O. The fraction of sp³-hybridized carbons (Fsp3) is 0.533. The lowest BCUT2D eigenvalue weighted by molar-refractivity contribution is 0.239. The summed E-state index contributed by atoms with van der Waals surface area (Å²) in [6, 6.07) is 0.443. The second-order valence-corrected chi connectivity index (χ2v) is 5.76. The molecule has 0 saturated carbocycles. The van der Waals surface area contributed by atoms with Gasteiger partial charge in [-0.2, -0.15) is 5.10 Å². The smallest absolute Gasteiger partial charge is 0.0962 e. The van der Waals surface area contributed by atoms with Gasteiger partial charge in [0.25, 0.3) is 0 Å². The summed E-state index contributed by atoms with van der Waals surface area (Å²) in [5.41, 5.74) is 4.17. The topological polar surface area (TPSA) is 39.1 Å². The molecule has 1 fully saturated rings. The van der Waals surface area contributed by atoms with Crippen LogP contribution in [0.4, 0.5) is 0 Å². The second-order valence-electron chi connectivity index (χ2n) is 5.76. The molecular weight excluding hydrogens is 238 g/mol. The van der Waals surface area contributed by atoms with Crippen molar-refractivity contribution in [1.29, 1.82) is 0 Å². The highest BCUT2D eigenvalue weighted by Gasteiger charge is 2.44. The molecule has 1 aromatic heterocycles. The number of methoxy groups -OCH3 is 1. The van der Waals surface area contributed by atoms with E-state index in [1.165, 1.54) is 23.4 Å². The number of aryl methyl sites for hydroxylation is 1. The summed E-state index contributed by atoms with van der Waals surface area (Å²) in [6.45, 7) is 0. The Kier molecular flexibility index (Phi) is 2.28. The number of hydrogen-bond acceptors (Lipinski definition) is 3. The van der Waals surface area contributed by atoms with Gasteiger partial charge < -0.3 is 10.1 Å². The zero-order valence-electron chi connectivity index (χ0n) is 11.4. The number of fused-ring (bicyclic) bond motifs is 5. The Hall–Kier alpha value is -1.71. The van der Waals surface area contributed by atoms with Gasteiger partial charge in [0.1, 0.15) is 0 Å². The van der Waals surface area contributed by atoms with Gasteiger partial charge >= 0.3 is 0 Å². The maximum atomic E-state index is 5.42. The lowest BCUT2D eigenvalue weighted by Crippen LogP contribution is -2.25. The minimum absolute atomic E-state index is 0.443. The lowest BCUT2D eigenvalue weighted by Gasteiger charge is -2.29. The van der Waals surface area contributed by atoms with Crippen LogP contribution in [0.15, 0.2) is 29.8 Å². The number of aromatic nitrogens is 2. The first kappa shape index (κ1) is 11.1. The zero-order chi connectivity index (χ0) is 13.0. The Bertz CT molecular complexity index is 584. The molecule has 0 radical (unpaired) electrons. The molecule has 0 spiro atoms. The minimum Gasteiger partial charge on any atom is -0.501 e. The normalized spacial score (nSPS) is 31.6. The molecule has 0 bridgehead atoms. The summed E-state index contributed by atoms with van der Waals surface area (Å²) in [6.07, 6.45) is 9.75. The van der Waals surface area contributed by atoms with Crippen molar-refractivity contribution >= 4 is 0 Å². The van der Waals surface area contributed by atoms with Gasteiger partial charge in [-0.1, -0.05) is 0 Å². The van der Waals surface area contributed by atoms with Crippen molar-refractivity contribution in [2.24, 2.45) is 18.9 Å².